The minimum absolute atomic E-state index is 0.195. The molecule has 0 saturated carbocycles. The molecule has 0 bridgehead atoms. The van der Waals surface area contributed by atoms with Crippen molar-refractivity contribution in [1.29, 1.82) is 0 Å². The van der Waals surface area contributed by atoms with Crippen molar-refractivity contribution < 1.29 is 24.5 Å². The summed E-state index contributed by atoms with van der Waals surface area (Å²) in [6, 6.07) is 7.50. The molecule has 0 radical (unpaired) electrons. The van der Waals surface area contributed by atoms with E-state index in [2.05, 4.69) is 5.32 Å². The smallest absolute Gasteiger partial charge is 0.409 e. The van der Waals surface area contributed by atoms with Gasteiger partial charge < -0.3 is 19.7 Å². The molecule has 24 heavy (non-hydrogen) atoms. The molecule has 2 aromatic rings. The first kappa shape index (κ1) is 18.2. The molecule has 0 saturated heterocycles. The number of hydrogen-bond acceptors (Lipinski definition) is 4. The molecule has 1 amide bonds. The molecule has 0 aliphatic heterocycles. The average molecular weight is 372 g/mol. The van der Waals surface area contributed by atoms with E-state index in [9.17, 15) is 9.90 Å². The van der Waals surface area contributed by atoms with Gasteiger partial charge in [-0.3, -0.25) is 5.32 Å². The zero-order chi connectivity index (χ0) is 17.9. The molecule has 0 aliphatic rings. The van der Waals surface area contributed by atoms with E-state index in [1.807, 2.05) is 0 Å². The molecule has 2 rings (SSSR count). The summed E-state index contributed by atoms with van der Waals surface area (Å²) in [5.74, 6) is 0.629. The average Bonchev–Trinajstić information content (AvgIpc) is 2.54. The predicted octanol–water partition coefficient (Wildman–Crippen LogP) is 4.18. The normalized spacial score (nSPS) is 11.7. The number of rotatable bonds is 5. The van der Waals surface area contributed by atoms with Crippen LogP contribution in [0, 0.1) is 0 Å². The van der Waals surface area contributed by atoms with Crippen molar-refractivity contribution in [3.8, 4) is 11.5 Å². The highest BCUT2D eigenvalue weighted by Gasteiger charge is 2.23. The van der Waals surface area contributed by atoms with Crippen LogP contribution in [-0.2, 0) is 0 Å². The Labute approximate surface area is 148 Å². The Bertz CT molecular complexity index is 766. The second-order valence-corrected chi connectivity index (χ2v) is 5.67. The van der Waals surface area contributed by atoms with Crippen molar-refractivity contribution >= 4 is 35.0 Å². The molecule has 1 atom stereocenters. The number of carboxylic acid groups (broad SMARTS) is 1. The molecule has 6 nitrogen and oxygen atoms in total. The minimum atomic E-state index is -1.26. The van der Waals surface area contributed by atoms with E-state index in [1.54, 1.807) is 6.07 Å². The van der Waals surface area contributed by atoms with Gasteiger partial charge in [-0.1, -0.05) is 23.2 Å². The van der Waals surface area contributed by atoms with E-state index in [4.69, 9.17) is 37.8 Å². The first-order valence-corrected chi connectivity index (χ1v) is 7.51. The monoisotopic (exact) mass is 371 g/mol. The van der Waals surface area contributed by atoms with Gasteiger partial charge in [0.2, 0.25) is 0 Å². The topological polar surface area (TPSA) is 88.0 Å². The maximum atomic E-state index is 11.0. The number of aliphatic hydroxyl groups is 1. The first-order valence-electron chi connectivity index (χ1n) is 6.76. The number of halogens is 2. The van der Waals surface area contributed by atoms with Gasteiger partial charge in [0.1, 0.15) is 6.10 Å². The third kappa shape index (κ3) is 3.84. The molecule has 2 aromatic carbocycles. The largest absolute Gasteiger partial charge is 0.493 e. The summed E-state index contributed by atoms with van der Waals surface area (Å²) in [5, 5.41) is 22.6. The van der Waals surface area contributed by atoms with Gasteiger partial charge in [0.15, 0.2) is 11.5 Å². The summed E-state index contributed by atoms with van der Waals surface area (Å²) in [6.07, 6.45) is -2.51. The van der Waals surface area contributed by atoms with Gasteiger partial charge in [-0.15, -0.1) is 0 Å². The quantitative estimate of drug-likeness (QED) is 0.733. The van der Waals surface area contributed by atoms with E-state index >= 15 is 0 Å². The van der Waals surface area contributed by atoms with E-state index < -0.39 is 12.2 Å². The molecule has 3 N–H and O–H groups in total. The van der Waals surface area contributed by atoms with Crippen LogP contribution >= 0.6 is 23.2 Å². The summed E-state index contributed by atoms with van der Waals surface area (Å²) < 4.78 is 10.5. The van der Waals surface area contributed by atoms with E-state index in [1.165, 1.54) is 38.5 Å². The highest BCUT2D eigenvalue weighted by Crippen LogP contribution is 2.41. The molecule has 8 heteroatoms. The van der Waals surface area contributed by atoms with Crippen LogP contribution in [0.25, 0.3) is 0 Å². The van der Waals surface area contributed by atoms with Crippen LogP contribution < -0.4 is 14.8 Å². The van der Waals surface area contributed by atoms with Crippen LogP contribution in [0.5, 0.6) is 11.5 Å². The SMILES string of the molecule is COc1cc(Cl)cc(C(O)c2cc(Cl)ccc2NC(=O)O)c1OC. The lowest BCUT2D eigenvalue weighted by Crippen LogP contribution is -2.12. The molecular formula is C16H15Cl2NO5. The van der Waals surface area contributed by atoms with Crippen molar-refractivity contribution in [2.75, 3.05) is 19.5 Å². The summed E-state index contributed by atoms with van der Waals surface area (Å²) >= 11 is 12.0. The number of methoxy groups -OCH3 is 2. The van der Waals surface area contributed by atoms with Crippen molar-refractivity contribution in [3.05, 3.63) is 51.5 Å². The van der Waals surface area contributed by atoms with E-state index in [0.29, 0.717) is 21.4 Å². The lowest BCUT2D eigenvalue weighted by atomic mass is 9.98. The van der Waals surface area contributed by atoms with Gasteiger partial charge in [-0.05, 0) is 24.3 Å². The van der Waals surface area contributed by atoms with Crippen LogP contribution in [-0.4, -0.2) is 30.5 Å². The maximum absolute atomic E-state index is 11.0. The zero-order valence-corrected chi connectivity index (χ0v) is 14.4. The predicted molar refractivity (Wildman–Crippen MR) is 91.7 cm³/mol. The van der Waals surface area contributed by atoms with Crippen LogP contribution in [0.15, 0.2) is 30.3 Å². The Morgan fingerprint density at radius 2 is 1.75 bits per heavy atom. The van der Waals surface area contributed by atoms with Gasteiger partial charge in [-0.2, -0.15) is 0 Å². The highest BCUT2D eigenvalue weighted by atomic mass is 35.5. The fourth-order valence-electron chi connectivity index (χ4n) is 2.32. The van der Waals surface area contributed by atoms with Gasteiger partial charge in [-0.25, -0.2) is 4.79 Å². The van der Waals surface area contributed by atoms with E-state index in [-0.39, 0.29) is 17.0 Å². The molecule has 0 heterocycles. The van der Waals surface area contributed by atoms with Crippen molar-refractivity contribution in [1.82, 2.24) is 0 Å². The third-order valence-electron chi connectivity index (χ3n) is 3.32. The van der Waals surface area contributed by atoms with Gasteiger partial charge in [0.25, 0.3) is 0 Å². The Hall–Kier alpha value is -2.15. The standard InChI is InChI=1S/C16H15Cl2NO5/c1-23-13-7-9(18)6-11(15(13)24-2)14(20)10-5-8(17)3-4-12(10)19-16(21)22/h3-7,14,19-20H,1-2H3,(H,21,22). The summed E-state index contributed by atoms with van der Waals surface area (Å²) in [5.41, 5.74) is 0.769. The van der Waals surface area contributed by atoms with Crippen LogP contribution in [0.3, 0.4) is 0 Å². The number of amides is 1. The highest BCUT2D eigenvalue weighted by molar-refractivity contribution is 6.31. The van der Waals surface area contributed by atoms with Gasteiger partial charge in [0, 0.05) is 27.2 Å². The van der Waals surface area contributed by atoms with Crippen LogP contribution in [0.4, 0.5) is 10.5 Å². The van der Waals surface area contributed by atoms with Crippen molar-refractivity contribution in [2.24, 2.45) is 0 Å². The number of carbonyl (C=O) groups is 1. The fraction of sp³-hybridized carbons (Fsp3) is 0.188. The zero-order valence-electron chi connectivity index (χ0n) is 12.8. The first-order chi connectivity index (χ1) is 11.4. The molecule has 128 valence electrons. The Kier molecular flexibility index (Phi) is 5.77. The maximum Gasteiger partial charge on any atom is 0.409 e. The number of aliphatic hydroxyl groups excluding tert-OH is 1. The number of nitrogens with one attached hydrogen (secondary N) is 1. The number of benzene rings is 2. The number of hydrogen-bond donors (Lipinski definition) is 3. The summed E-state index contributed by atoms with van der Waals surface area (Å²) in [4.78, 5) is 11.0. The summed E-state index contributed by atoms with van der Waals surface area (Å²) in [6.45, 7) is 0. The minimum Gasteiger partial charge on any atom is -0.493 e. The molecule has 0 aromatic heterocycles. The summed E-state index contributed by atoms with van der Waals surface area (Å²) in [7, 11) is 2.87. The lowest BCUT2D eigenvalue weighted by molar-refractivity contribution is 0.208. The molecular weight excluding hydrogens is 357 g/mol. The third-order valence-corrected chi connectivity index (χ3v) is 3.77. The van der Waals surface area contributed by atoms with Crippen LogP contribution in [0.1, 0.15) is 17.2 Å². The van der Waals surface area contributed by atoms with Crippen LogP contribution in [0.2, 0.25) is 10.0 Å². The fourth-order valence-corrected chi connectivity index (χ4v) is 2.72. The van der Waals surface area contributed by atoms with Crippen molar-refractivity contribution in [3.63, 3.8) is 0 Å². The second-order valence-electron chi connectivity index (χ2n) is 4.79. The molecule has 0 fully saturated rings. The number of ether oxygens (including phenoxy) is 2. The van der Waals surface area contributed by atoms with Gasteiger partial charge in [0.05, 0.1) is 19.9 Å². The van der Waals surface area contributed by atoms with E-state index in [0.717, 1.165) is 0 Å². The molecule has 1 unspecified atom stereocenters. The van der Waals surface area contributed by atoms with Crippen molar-refractivity contribution in [2.45, 2.75) is 6.10 Å². The van der Waals surface area contributed by atoms with Gasteiger partial charge >= 0.3 is 6.09 Å². The Morgan fingerprint density at radius 1 is 1.08 bits per heavy atom. The number of anilines is 1. The molecule has 0 aliphatic carbocycles. The Morgan fingerprint density at radius 3 is 2.33 bits per heavy atom. The lowest BCUT2D eigenvalue weighted by Gasteiger charge is -2.20. The Balaban J connectivity index is 2.60. The molecule has 0 spiro atoms. The second kappa shape index (κ2) is 7.61.